The Balaban J connectivity index is 1.73. The molecule has 1 aliphatic rings. The van der Waals surface area contributed by atoms with E-state index in [1.807, 2.05) is 0 Å². The molecule has 0 aliphatic carbocycles. The highest BCUT2D eigenvalue weighted by Gasteiger charge is 2.33. The van der Waals surface area contributed by atoms with Crippen molar-refractivity contribution in [3.05, 3.63) is 58.5 Å². The molecule has 35 heavy (non-hydrogen) atoms. The second-order valence-electron chi connectivity index (χ2n) is 8.35. The van der Waals surface area contributed by atoms with Crippen LogP contribution in [-0.4, -0.2) is 38.7 Å². The van der Waals surface area contributed by atoms with Gasteiger partial charge in [-0.15, -0.1) is 0 Å². The number of piperidine rings is 1. The molecule has 1 aromatic carbocycles. The average molecular weight is 515 g/mol. The van der Waals surface area contributed by atoms with Crippen LogP contribution in [0.15, 0.2) is 30.3 Å². The van der Waals surface area contributed by atoms with Crippen molar-refractivity contribution >= 4 is 33.5 Å². The smallest absolute Gasteiger partial charge is 0.356 e. The lowest BCUT2D eigenvalue weighted by Gasteiger charge is -2.29. The van der Waals surface area contributed by atoms with Crippen LogP contribution < -0.4 is 14.9 Å². The second-order valence-corrected chi connectivity index (χ2v) is 10.1. The van der Waals surface area contributed by atoms with E-state index in [9.17, 15) is 30.8 Å². The molecule has 1 aromatic heterocycles. The van der Waals surface area contributed by atoms with Crippen LogP contribution in [0.4, 0.5) is 29.1 Å². The summed E-state index contributed by atoms with van der Waals surface area (Å²) in [5, 5.41) is 2.58. The van der Waals surface area contributed by atoms with E-state index >= 15 is 0 Å². The minimum atomic E-state index is -4.58. The highest BCUT2D eigenvalue weighted by molar-refractivity contribution is 7.92. The number of nitrogens with zero attached hydrogens (tertiary/aromatic N) is 2. The van der Waals surface area contributed by atoms with Gasteiger partial charge in [0.15, 0.2) is 0 Å². The van der Waals surface area contributed by atoms with Crippen LogP contribution in [-0.2, 0) is 27.5 Å². The summed E-state index contributed by atoms with van der Waals surface area (Å²) in [5.41, 5.74) is -0.0234. The minimum absolute atomic E-state index is 0.0374. The van der Waals surface area contributed by atoms with Crippen molar-refractivity contribution in [2.45, 2.75) is 38.9 Å². The summed E-state index contributed by atoms with van der Waals surface area (Å²) in [7, 11) is -3.66. The van der Waals surface area contributed by atoms with Crippen molar-refractivity contribution in [3.63, 3.8) is 0 Å². The quantitative estimate of drug-likeness (QED) is 0.426. The zero-order chi connectivity index (χ0) is 25.8. The van der Waals surface area contributed by atoms with E-state index in [1.165, 1.54) is 31.2 Å². The molecule has 0 atom stereocenters. The molecule has 0 bridgehead atoms. The van der Waals surface area contributed by atoms with E-state index < -0.39 is 33.6 Å². The van der Waals surface area contributed by atoms with Crippen LogP contribution in [0.25, 0.3) is 6.08 Å². The van der Waals surface area contributed by atoms with E-state index in [-0.39, 0.29) is 18.1 Å². The van der Waals surface area contributed by atoms with E-state index in [4.69, 9.17) is 0 Å². The first kappa shape index (κ1) is 26.5. The van der Waals surface area contributed by atoms with Gasteiger partial charge in [0.1, 0.15) is 17.3 Å². The highest BCUT2D eigenvalue weighted by Crippen LogP contribution is 2.32. The van der Waals surface area contributed by atoms with Gasteiger partial charge >= 0.3 is 6.18 Å². The first-order valence-electron chi connectivity index (χ1n) is 10.9. The molecule has 1 fully saturated rings. The monoisotopic (exact) mass is 514 g/mol. The second kappa shape index (κ2) is 10.6. The molecule has 1 aliphatic heterocycles. The molecule has 0 spiro atoms. The number of alkyl halides is 3. The third-order valence-corrected chi connectivity index (χ3v) is 5.94. The van der Waals surface area contributed by atoms with Crippen LogP contribution in [0, 0.1) is 12.7 Å². The normalized spacial score (nSPS) is 14.9. The summed E-state index contributed by atoms with van der Waals surface area (Å²) in [6.45, 7) is 2.65. The molecular formula is C23H26F4N4O3S. The van der Waals surface area contributed by atoms with E-state index in [1.54, 1.807) is 4.90 Å². The number of halogens is 4. The van der Waals surface area contributed by atoms with Gasteiger partial charge in [0, 0.05) is 31.3 Å². The largest absolute Gasteiger partial charge is 0.433 e. The number of benzene rings is 1. The maximum atomic E-state index is 14.3. The number of carbonyl (C=O) groups excluding carboxylic acids is 1. The number of rotatable bonds is 7. The summed E-state index contributed by atoms with van der Waals surface area (Å²) in [5.74, 6) is -1.14. The standard InChI is InChI=1S/C23H26F4N4O3S/c1-15-12-16(13-18(24)21(15)30-35(2,33)34)14-28-20(32)9-7-17-6-8-19(23(25,26)27)29-22(17)31-10-4-3-5-11-31/h6-9,12-13,30H,3-5,10-11,14H2,1-2H3,(H,28,32)/b9-7+. The van der Waals surface area contributed by atoms with Gasteiger partial charge in [-0.05, 0) is 61.6 Å². The molecule has 0 saturated carbocycles. The average Bonchev–Trinajstić information content (AvgIpc) is 2.78. The fourth-order valence-electron chi connectivity index (χ4n) is 3.75. The third kappa shape index (κ3) is 7.41. The lowest BCUT2D eigenvalue weighted by Crippen LogP contribution is -2.31. The predicted molar refractivity (Wildman–Crippen MR) is 126 cm³/mol. The topological polar surface area (TPSA) is 91.4 Å². The van der Waals surface area contributed by atoms with Gasteiger partial charge in [-0.1, -0.05) is 6.07 Å². The Hall–Kier alpha value is -3.15. The Morgan fingerprint density at radius 3 is 2.46 bits per heavy atom. The van der Waals surface area contributed by atoms with Crippen LogP contribution in [0.5, 0.6) is 0 Å². The summed E-state index contributed by atoms with van der Waals surface area (Å²) in [6.07, 6.45) is 1.59. The zero-order valence-electron chi connectivity index (χ0n) is 19.2. The number of aryl methyl sites for hydroxylation is 1. The van der Waals surface area contributed by atoms with Gasteiger partial charge in [-0.3, -0.25) is 9.52 Å². The summed E-state index contributed by atoms with van der Waals surface area (Å²) < 4.78 is 78.7. The van der Waals surface area contributed by atoms with Crippen LogP contribution in [0.3, 0.4) is 0 Å². The molecule has 190 valence electrons. The number of hydrogen-bond donors (Lipinski definition) is 2. The van der Waals surface area contributed by atoms with Crippen molar-refractivity contribution in [2.24, 2.45) is 0 Å². The van der Waals surface area contributed by atoms with E-state index in [0.29, 0.717) is 29.8 Å². The van der Waals surface area contributed by atoms with Crippen molar-refractivity contribution in [1.29, 1.82) is 0 Å². The lowest BCUT2D eigenvalue weighted by molar-refractivity contribution is -0.141. The van der Waals surface area contributed by atoms with Gasteiger partial charge in [-0.25, -0.2) is 17.8 Å². The first-order valence-corrected chi connectivity index (χ1v) is 12.8. The number of sulfonamides is 1. The van der Waals surface area contributed by atoms with Crippen LogP contribution >= 0.6 is 0 Å². The molecule has 2 heterocycles. The molecule has 1 saturated heterocycles. The summed E-state index contributed by atoms with van der Waals surface area (Å²) in [4.78, 5) is 17.9. The number of aromatic nitrogens is 1. The molecule has 12 heteroatoms. The highest BCUT2D eigenvalue weighted by atomic mass is 32.2. The third-order valence-electron chi connectivity index (χ3n) is 5.37. The van der Waals surface area contributed by atoms with Gasteiger partial charge in [0.05, 0.1) is 11.9 Å². The van der Waals surface area contributed by atoms with Gasteiger partial charge < -0.3 is 10.2 Å². The van der Waals surface area contributed by atoms with Crippen molar-refractivity contribution in [1.82, 2.24) is 10.3 Å². The first-order chi connectivity index (χ1) is 16.3. The Labute approximate surface area is 201 Å². The van der Waals surface area contributed by atoms with E-state index in [2.05, 4.69) is 15.0 Å². The molecule has 2 aromatic rings. The summed E-state index contributed by atoms with van der Waals surface area (Å²) in [6, 6.07) is 4.81. The fourth-order valence-corrected chi connectivity index (χ4v) is 4.38. The van der Waals surface area contributed by atoms with Gasteiger partial charge in [-0.2, -0.15) is 13.2 Å². The zero-order valence-corrected chi connectivity index (χ0v) is 20.1. The number of amides is 1. The molecular weight excluding hydrogens is 488 g/mol. The molecule has 7 nitrogen and oxygen atoms in total. The molecule has 1 amide bonds. The molecule has 0 radical (unpaired) electrons. The molecule has 2 N–H and O–H groups in total. The maximum absolute atomic E-state index is 14.3. The Morgan fingerprint density at radius 2 is 1.86 bits per heavy atom. The Kier molecular flexibility index (Phi) is 8.04. The van der Waals surface area contributed by atoms with Crippen LogP contribution in [0.1, 0.15) is 41.6 Å². The minimum Gasteiger partial charge on any atom is -0.356 e. The predicted octanol–water partition coefficient (Wildman–Crippen LogP) is 4.24. The number of anilines is 2. The maximum Gasteiger partial charge on any atom is 0.433 e. The van der Waals surface area contributed by atoms with Gasteiger partial charge in [0.25, 0.3) is 0 Å². The number of nitrogens with one attached hydrogen (secondary N) is 2. The Bertz CT molecular complexity index is 1200. The number of hydrogen-bond acceptors (Lipinski definition) is 5. The van der Waals surface area contributed by atoms with Crippen molar-refractivity contribution < 1.29 is 30.8 Å². The SMILES string of the molecule is Cc1cc(CNC(=O)/C=C/c2ccc(C(F)(F)F)nc2N2CCCCC2)cc(F)c1NS(C)(=O)=O. The fraction of sp³-hybridized carbons (Fsp3) is 0.391. The number of carbonyl (C=O) groups is 1. The molecule has 0 unspecified atom stereocenters. The Morgan fingerprint density at radius 1 is 1.17 bits per heavy atom. The van der Waals surface area contributed by atoms with Crippen LogP contribution in [0.2, 0.25) is 0 Å². The molecule has 3 rings (SSSR count). The van der Waals surface area contributed by atoms with Crippen molar-refractivity contribution in [3.8, 4) is 0 Å². The summed E-state index contributed by atoms with van der Waals surface area (Å²) >= 11 is 0. The lowest BCUT2D eigenvalue weighted by atomic mass is 10.1. The number of pyridine rings is 1. The van der Waals surface area contributed by atoms with E-state index in [0.717, 1.165) is 37.7 Å². The van der Waals surface area contributed by atoms with Gasteiger partial charge in [0.2, 0.25) is 15.9 Å². The van der Waals surface area contributed by atoms with Crippen molar-refractivity contribution in [2.75, 3.05) is 29.0 Å².